The molecule has 1 aromatic rings. The molecule has 1 saturated carbocycles. The third-order valence-electron chi connectivity index (χ3n) is 5.34. The maximum atomic E-state index is 13.3. The molecule has 3 atom stereocenters. The number of benzene rings is 1. The van der Waals surface area contributed by atoms with E-state index in [-0.39, 0.29) is 32.6 Å². The number of carbonyl (C=O) groups excluding carboxylic acids is 3. The minimum atomic E-state index is -1.94. The molecule has 0 saturated heterocycles. The Kier molecular flexibility index (Phi) is 8.40. The van der Waals surface area contributed by atoms with Crippen LogP contribution in [0.15, 0.2) is 30.3 Å². The van der Waals surface area contributed by atoms with E-state index in [1.807, 2.05) is 18.2 Å². The van der Waals surface area contributed by atoms with Crippen molar-refractivity contribution in [1.82, 2.24) is 0 Å². The fourth-order valence-electron chi connectivity index (χ4n) is 4.07. The van der Waals surface area contributed by atoms with Crippen molar-refractivity contribution >= 4 is 45.4 Å². The Morgan fingerprint density at radius 3 is 1.91 bits per heavy atom. The molecule has 0 spiro atoms. The van der Waals surface area contributed by atoms with Crippen molar-refractivity contribution < 1.29 is 28.6 Å². The van der Waals surface area contributed by atoms with E-state index >= 15 is 0 Å². The van der Waals surface area contributed by atoms with Gasteiger partial charge in [0.1, 0.15) is 0 Å². The molecule has 0 heterocycles. The topological polar surface area (TPSA) is 78.9 Å². The van der Waals surface area contributed by atoms with Gasteiger partial charge < -0.3 is 0 Å². The summed E-state index contributed by atoms with van der Waals surface area (Å²) < 4.78 is 17.6. The van der Waals surface area contributed by atoms with E-state index < -0.39 is 48.8 Å². The molecule has 1 aromatic carbocycles. The summed E-state index contributed by atoms with van der Waals surface area (Å²) in [5.41, 5.74) is -2.38. The first-order valence-corrected chi connectivity index (χ1v) is 16.5. The predicted molar refractivity (Wildman–Crippen MR) is 127 cm³/mol. The summed E-state index contributed by atoms with van der Waals surface area (Å²) in [5.74, 6) is -3.28. The molecule has 0 N–H and O–H groups in total. The molecule has 0 aromatic heterocycles. The molecule has 0 unspecified atom stereocenters. The van der Waals surface area contributed by atoms with Gasteiger partial charge in [-0.25, -0.2) is 0 Å². The van der Waals surface area contributed by atoms with Crippen LogP contribution in [0, 0.1) is 17.3 Å². The number of hydrogen-bond donors (Lipinski definition) is 0. The molecule has 0 radical (unpaired) electrons. The van der Waals surface area contributed by atoms with Crippen LogP contribution in [0.4, 0.5) is 0 Å². The third-order valence-corrected chi connectivity index (χ3v) is 14.8. The molecule has 1 aliphatic carbocycles. The average Bonchev–Trinajstić information content (AvgIpc) is 3.36. The van der Waals surface area contributed by atoms with Crippen LogP contribution in [-0.4, -0.2) is 59.8 Å². The van der Waals surface area contributed by atoms with Crippen LogP contribution in [0.2, 0.25) is 24.1 Å². The zero-order valence-electron chi connectivity index (χ0n) is 20.4. The number of esters is 3. The van der Waals surface area contributed by atoms with Gasteiger partial charge >= 0.3 is 199 Å². The van der Waals surface area contributed by atoms with Crippen molar-refractivity contribution in [2.75, 3.05) is 13.2 Å². The molecule has 6 nitrogen and oxygen atoms in total. The van der Waals surface area contributed by atoms with Gasteiger partial charge in [-0.2, -0.15) is 0 Å². The minimum absolute atomic E-state index is 0.0312. The summed E-state index contributed by atoms with van der Waals surface area (Å²) in [6.45, 7) is 15.6. The second-order valence-corrected chi connectivity index (χ2v) is 18.9. The van der Waals surface area contributed by atoms with E-state index in [2.05, 4.69) is 31.8 Å². The van der Waals surface area contributed by atoms with Crippen molar-refractivity contribution in [3.63, 3.8) is 0 Å². The van der Waals surface area contributed by atoms with Crippen molar-refractivity contribution in [1.29, 1.82) is 0 Å². The Hall–Kier alpha value is -1.63. The van der Waals surface area contributed by atoms with Crippen molar-refractivity contribution in [2.45, 2.75) is 64.3 Å². The van der Waals surface area contributed by atoms with Gasteiger partial charge in [-0.05, 0) is 0 Å². The number of carbonyl (C=O) groups is 3. The van der Waals surface area contributed by atoms with Crippen LogP contribution < -0.4 is 4.46 Å². The number of hydrogen-bond acceptors (Lipinski definition) is 6. The zero-order chi connectivity index (χ0) is 24.3. The number of ether oxygens (including phenoxy) is 3. The monoisotopic (exact) mass is 528 g/mol. The van der Waals surface area contributed by atoms with Crippen LogP contribution in [0.5, 0.6) is 0 Å². The molecule has 1 fully saturated rings. The van der Waals surface area contributed by atoms with E-state index in [4.69, 9.17) is 14.2 Å². The van der Waals surface area contributed by atoms with Crippen molar-refractivity contribution in [3.05, 3.63) is 30.3 Å². The Balaban J connectivity index is 2.61. The summed E-state index contributed by atoms with van der Waals surface area (Å²) in [5, 5.41) is 0. The van der Waals surface area contributed by atoms with Gasteiger partial charge in [0.25, 0.3) is 0 Å². The predicted octanol–water partition coefficient (Wildman–Crippen LogP) is 3.38. The summed E-state index contributed by atoms with van der Waals surface area (Å²) in [6.07, 6.45) is 0. The Labute approximate surface area is 198 Å². The molecule has 0 aliphatic heterocycles. The molecule has 8 heteroatoms. The molecular weight excluding hydrogens is 491 g/mol. The van der Waals surface area contributed by atoms with Crippen LogP contribution in [0.3, 0.4) is 0 Å². The molecule has 2 rings (SSSR count). The van der Waals surface area contributed by atoms with Crippen molar-refractivity contribution in [3.8, 4) is 0 Å². The molecular formula is C24H36O6SeSi. The Morgan fingerprint density at radius 1 is 1.00 bits per heavy atom. The van der Waals surface area contributed by atoms with E-state index in [0.29, 0.717) is 0 Å². The molecule has 0 amide bonds. The normalized spacial score (nSPS) is 20.8. The van der Waals surface area contributed by atoms with Gasteiger partial charge in [0.15, 0.2) is 0 Å². The summed E-state index contributed by atoms with van der Waals surface area (Å²) >= 11 is -0.0442. The average molecular weight is 528 g/mol. The van der Waals surface area contributed by atoms with Gasteiger partial charge in [-0.3, -0.25) is 0 Å². The van der Waals surface area contributed by atoms with Gasteiger partial charge in [-0.15, -0.1) is 0 Å². The Morgan fingerprint density at radius 2 is 1.50 bits per heavy atom. The van der Waals surface area contributed by atoms with Gasteiger partial charge in [0, 0.05) is 0 Å². The second kappa shape index (κ2) is 10.1. The zero-order valence-corrected chi connectivity index (χ0v) is 23.1. The van der Waals surface area contributed by atoms with E-state index in [9.17, 15) is 14.4 Å². The number of rotatable bonds is 9. The fourth-order valence-corrected chi connectivity index (χ4v) is 11.3. The summed E-state index contributed by atoms with van der Waals surface area (Å²) in [4.78, 5) is 40.0. The SMILES string of the molecule is CCOC(=O)C1(C(=O)OCC)[C@H]([C@@H]([Se]c2ccccc2)[Si](C)(C)C)[C@@H]1C(=O)OC(C)(C)C. The standard InChI is InChI=1S/C24H36O6SeSi/c1-9-28-21(26)24(22(27)29-10-2)17(19(25)30-23(3,4)5)18(24)20(32(6,7)8)31-16-14-12-11-13-15-16/h11-15,17-18,20H,9-10H2,1-8H3/t17-,18+,20+/m1/s1. The Bertz CT molecular complexity index is 809. The fraction of sp³-hybridized carbons (Fsp3) is 0.625. The van der Waals surface area contributed by atoms with E-state index in [1.54, 1.807) is 34.6 Å². The quantitative estimate of drug-likeness (QED) is 0.212. The van der Waals surface area contributed by atoms with Crippen LogP contribution in [-0.2, 0) is 28.6 Å². The van der Waals surface area contributed by atoms with Gasteiger partial charge in [-0.1, -0.05) is 0 Å². The molecule has 178 valence electrons. The second-order valence-electron chi connectivity index (χ2n) is 10.1. The van der Waals surface area contributed by atoms with Gasteiger partial charge in [0.2, 0.25) is 0 Å². The summed E-state index contributed by atoms with van der Waals surface area (Å²) in [7, 11) is -1.94. The van der Waals surface area contributed by atoms with E-state index in [0.717, 1.165) is 0 Å². The van der Waals surface area contributed by atoms with Crippen LogP contribution in [0.1, 0.15) is 34.6 Å². The first kappa shape index (κ1) is 26.6. The van der Waals surface area contributed by atoms with E-state index in [1.165, 1.54) is 4.46 Å². The summed E-state index contributed by atoms with van der Waals surface area (Å²) in [6, 6.07) is 10.1. The molecule has 32 heavy (non-hydrogen) atoms. The van der Waals surface area contributed by atoms with Crippen LogP contribution in [0.25, 0.3) is 0 Å². The molecule has 1 aliphatic rings. The van der Waals surface area contributed by atoms with Crippen LogP contribution >= 0.6 is 0 Å². The van der Waals surface area contributed by atoms with Gasteiger partial charge in [0.05, 0.1) is 0 Å². The first-order valence-electron chi connectivity index (χ1n) is 11.1. The third kappa shape index (κ3) is 5.64. The maximum absolute atomic E-state index is 13.3. The molecule has 0 bridgehead atoms. The van der Waals surface area contributed by atoms with Crippen molar-refractivity contribution in [2.24, 2.45) is 17.3 Å². The first-order chi connectivity index (χ1) is 14.8.